The number of benzene rings is 2. The van der Waals surface area contributed by atoms with Crippen LogP contribution in [0.5, 0.6) is 5.75 Å². The lowest BCUT2D eigenvalue weighted by atomic mass is 9.96. The Balaban J connectivity index is 1.41. The van der Waals surface area contributed by atoms with Crippen LogP contribution in [0.4, 0.5) is 10.1 Å². The number of thiocarbonyl (C=S) groups is 1. The lowest BCUT2D eigenvalue weighted by molar-refractivity contribution is 0.210. The number of hydrogen-bond acceptors (Lipinski definition) is 3. The van der Waals surface area contributed by atoms with Gasteiger partial charge in [-0.2, -0.15) is 0 Å². The van der Waals surface area contributed by atoms with Gasteiger partial charge in [0.2, 0.25) is 0 Å². The predicted octanol–water partition coefficient (Wildman–Crippen LogP) is 7.13. The van der Waals surface area contributed by atoms with Crippen LogP contribution in [0.3, 0.4) is 0 Å². The average Bonchev–Trinajstić information content (AvgIpc) is 3.64. The summed E-state index contributed by atoms with van der Waals surface area (Å²) in [6.07, 6.45) is 6.86. The van der Waals surface area contributed by atoms with Crippen molar-refractivity contribution in [2.45, 2.75) is 57.7 Å². The lowest BCUT2D eigenvalue weighted by Crippen LogP contribution is -2.29. The molecule has 1 aliphatic heterocycles. The molecule has 2 atom stereocenters. The minimum atomic E-state index is -0.247. The summed E-state index contributed by atoms with van der Waals surface area (Å²) in [6, 6.07) is 22.8. The van der Waals surface area contributed by atoms with E-state index in [1.807, 2.05) is 48.7 Å². The first-order chi connectivity index (χ1) is 18.5. The molecular formula is C31H31FN4OS. The number of nitrogens with zero attached hydrogens (tertiary/aromatic N) is 3. The summed E-state index contributed by atoms with van der Waals surface area (Å²) in [5.41, 5.74) is 6.14. The Morgan fingerprint density at radius 2 is 1.66 bits per heavy atom. The molecule has 2 unspecified atom stereocenters. The minimum Gasteiger partial charge on any atom is -0.490 e. The van der Waals surface area contributed by atoms with Gasteiger partial charge >= 0.3 is 0 Å². The molecule has 0 bridgehead atoms. The zero-order valence-electron chi connectivity index (χ0n) is 21.6. The van der Waals surface area contributed by atoms with Gasteiger partial charge in [-0.3, -0.25) is 4.98 Å². The number of nitrogens with one attached hydrogen (secondary N) is 1. The molecule has 6 rings (SSSR count). The van der Waals surface area contributed by atoms with Crippen LogP contribution in [0.2, 0.25) is 0 Å². The number of ether oxygens (including phenoxy) is 1. The number of hydrogen-bond donors (Lipinski definition) is 1. The molecule has 1 saturated carbocycles. The summed E-state index contributed by atoms with van der Waals surface area (Å²) >= 11 is 5.92. The van der Waals surface area contributed by atoms with E-state index in [1.54, 1.807) is 0 Å². The Morgan fingerprint density at radius 1 is 0.947 bits per heavy atom. The second-order valence-electron chi connectivity index (χ2n) is 10.2. The molecule has 4 aromatic rings. The van der Waals surface area contributed by atoms with Gasteiger partial charge in [-0.1, -0.05) is 6.07 Å². The highest BCUT2D eigenvalue weighted by atomic mass is 32.1. The van der Waals surface area contributed by atoms with Gasteiger partial charge in [0.05, 0.1) is 23.9 Å². The summed E-state index contributed by atoms with van der Waals surface area (Å²) in [6.45, 7) is 4.19. The summed E-state index contributed by atoms with van der Waals surface area (Å²) in [5, 5.41) is 4.20. The van der Waals surface area contributed by atoms with Crippen LogP contribution in [-0.4, -0.2) is 20.8 Å². The van der Waals surface area contributed by atoms with E-state index < -0.39 is 0 Å². The van der Waals surface area contributed by atoms with Crippen LogP contribution in [0, 0.1) is 19.7 Å². The summed E-state index contributed by atoms with van der Waals surface area (Å²) in [7, 11) is 0. The molecule has 2 aromatic heterocycles. The molecule has 2 aromatic carbocycles. The molecule has 194 valence electrons. The Kier molecular flexibility index (Phi) is 6.62. The molecule has 1 saturated heterocycles. The fourth-order valence-corrected chi connectivity index (χ4v) is 6.25. The Morgan fingerprint density at radius 3 is 2.34 bits per heavy atom. The molecule has 1 N–H and O–H groups in total. The number of anilines is 1. The topological polar surface area (TPSA) is 42.3 Å². The Labute approximate surface area is 228 Å². The first kappa shape index (κ1) is 24.6. The maximum Gasteiger partial charge on any atom is 0.174 e. The van der Waals surface area contributed by atoms with Gasteiger partial charge in [0.25, 0.3) is 0 Å². The van der Waals surface area contributed by atoms with Crippen molar-refractivity contribution in [3.8, 4) is 11.4 Å². The molecule has 0 amide bonds. The van der Waals surface area contributed by atoms with Crippen LogP contribution >= 0.6 is 12.2 Å². The molecule has 0 spiro atoms. The van der Waals surface area contributed by atoms with E-state index in [1.165, 1.54) is 25.0 Å². The summed E-state index contributed by atoms with van der Waals surface area (Å²) in [4.78, 5) is 6.87. The smallest absolute Gasteiger partial charge is 0.174 e. The van der Waals surface area contributed by atoms with E-state index in [0.717, 1.165) is 52.6 Å². The van der Waals surface area contributed by atoms with Crippen molar-refractivity contribution in [2.75, 3.05) is 4.90 Å². The molecule has 38 heavy (non-hydrogen) atoms. The minimum absolute atomic E-state index is 0.126. The third kappa shape index (κ3) is 4.56. The SMILES string of the molecule is Cc1cc(C2C(c3ccccn3)NC(=S)N2c2ccc(OC3CCCC3)cc2)c(C)n1-c1ccc(F)cc1. The second-order valence-corrected chi connectivity index (χ2v) is 10.5. The monoisotopic (exact) mass is 526 g/mol. The quantitative estimate of drug-likeness (QED) is 0.271. The number of aryl methyl sites for hydroxylation is 1. The molecule has 2 aliphatic rings. The van der Waals surface area contributed by atoms with E-state index in [9.17, 15) is 4.39 Å². The van der Waals surface area contributed by atoms with E-state index in [-0.39, 0.29) is 17.9 Å². The molecular weight excluding hydrogens is 495 g/mol. The van der Waals surface area contributed by atoms with Gasteiger partial charge in [0.1, 0.15) is 11.6 Å². The zero-order valence-corrected chi connectivity index (χ0v) is 22.4. The molecule has 1 aliphatic carbocycles. The molecule has 7 heteroatoms. The number of aromatic nitrogens is 2. The standard InChI is InChI=1S/C31H31FN4OS/c1-20-19-27(21(2)35(20)23-12-10-22(32)11-13-23)30-29(28-9-5-6-18-33-28)34-31(38)36(30)24-14-16-26(17-15-24)37-25-7-3-4-8-25/h5-6,9-19,25,29-30H,3-4,7-8H2,1-2H3,(H,34,38). The van der Waals surface area contributed by atoms with Crippen molar-refractivity contribution < 1.29 is 9.13 Å². The molecule has 5 nitrogen and oxygen atoms in total. The van der Waals surface area contributed by atoms with Gasteiger partial charge in [-0.15, -0.1) is 0 Å². The highest BCUT2D eigenvalue weighted by Gasteiger charge is 2.42. The highest BCUT2D eigenvalue weighted by Crippen LogP contribution is 2.44. The van der Waals surface area contributed by atoms with Crippen LogP contribution in [0.1, 0.15) is 60.4 Å². The molecule has 2 fully saturated rings. The largest absolute Gasteiger partial charge is 0.490 e. The van der Waals surface area contributed by atoms with Gasteiger partial charge in [-0.25, -0.2) is 4.39 Å². The van der Waals surface area contributed by atoms with E-state index in [4.69, 9.17) is 17.0 Å². The third-order valence-corrected chi connectivity index (χ3v) is 8.01. The van der Waals surface area contributed by atoms with E-state index in [0.29, 0.717) is 11.2 Å². The first-order valence-corrected chi connectivity index (χ1v) is 13.6. The molecule has 3 heterocycles. The van der Waals surface area contributed by atoms with Gasteiger partial charge in [-0.05, 0) is 124 Å². The van der Waals surface area contributed by atoms with Crippen molar-refractivity contribution in [2.24, 2.45) is 0 Å². The Bertz CT molecular complexity index is 1430. The maximum atomic E-state index is 13.7. The van der Waals surface area contributed by atoms with Crippen molar-refractivity contribution in [1.82, 2.24) is 14.9 Å². The fourth-order valence-electron chi connectivity index (χ4n) is 5.91. The second kappa shape index (κ2) is 10.2. The van der Waals surface area contributed by atoms with Crippen molar-refractivity contribution >= 4 is 23.0 Å². The van der Waals surface area contributed by atoms with Crippen LogP contribution in [0.15, 0.2) is 79.0 Å². The third-order valence-electron chi connectivity index (χ3n) is 7.69. The first-order valence-electron chi connectivity index (χ1n) is 13.2. The lowest BCUT2D eigenvalue weighted by Gasteiger charge is -2.28. The van der Waals surface area contributed by atoms with E-state index in [2.05, 4.69) is 51.8 Å². The van der Waals surface area contributed by atoms with E-state index >= 15 is 0 Å². The van der Waals surface area contributed by atoms with Gasteiger partial charge < -0.3 is 19.5 Å². The maximum absolute atomic E-state index is 13.7. The van der Waals surface area contributed by atoms with Crippen LogP contribution < -0.4 is 15.0 Å². The van der Waals surface area contributed by atoms with Gasteiger partial charge in [0.15, 0.2) is 5.11 Å². The predicted molar refractivity (Wildman–Crippen MR) is 152 cm³/mol. The van der Waals surface area contributed by atoms with Crippen LogP contribution in [0.25, 0.3) is 5.69 Å². The number of halogens is 1. The van der Waals surface area contributed by atoms with Crippen molar-refractivity contribution in [3.05, 3.63) is 107 Å². The van der Waals surface area contributed by atoms with Crippen LogP contribution in [-0.2, 0) is 0 Å². The summed E-state index contributed by atoms with van der Waals surface area (Å²) in [5.74, 6) is 0.648. The van der Waals surface area contributed by atoms with Gasteiger partial charge in [0, 0.05) is 29.0 Å². The normalized spacial score (nSPS) is 19.7. The number of rotatable bonds is 6. The average molecular weight is 527 g/mol. The Hall–Kier alpha value is -3.71. The van der Waals surface area contributed by atoms with Crippen molar-refractivity contribution in [1.29, 1.82) is 0 Å². The summed E-state index contributed by atoms with van der Waals surface area (Å²) < 4.78 is 22.0. The fraction of sp³-hybridized carbons (Fsp3) is 0.290. The van der Waals surface area contributed by atoms with Crippen molar-refractivity contribution in [3.63, 3.8) is 0 Å². The highest BCUT2D eigenvalue weighted by molar-refractivity contribution is 7.80. The molecule has 0 radical (unpaired) electrons. The number of pyridine rings is 1. The zero-order chi connectivity index (χ0) is 26.2.